The summed E-state index contributed by atoms with van der Waals surface area (Å²) in [7, 11) is 1.71. The molecular formula is C19H21BrO. The van der Waals surface area contributed by atoms with E-state index in [9.17, 15) is 0 Å². The average Bonchev–Trinajstić information content (AvgIpc) is 2.53. The van der Waals surface area contributed by atoms with Crippen LogP contribution in [0.3, 0.4) is 0 Å². The van der Waals surface area contributed by atoms with Gasteiger partial charge in [-0.2, -0.15) is 0 Å². The minimum atomic E-state index is 0.922. The number of halogens is 1. The predicted octanol–water partition coefficient (Wildman–Crippen LogP) is 5.24. The van der Waals surface area contributed by atoms with Crippen LogP contribution in [0.25, 0.3) is 0 Å². The van der Waals surface area contributed by atoms with Crippen LogP contribution in [0.5, 0.6) is 5.75 Å². The second-order valence-corrected chi connectivity index (χ2v) is 6.69. The monoisotopic (exact) mass is 344 g/mol. The van der Waals surface area contributed by atoms with Gasteiger partial charge in [0.2, 0.25) is 0 Å². The Balaban J connectivity index is 1.96. The fraction of sp³-hybridized carbons (Fsp3) is 0.368. The fourth-order valence-corrected chi connectivity index (χ4v) is 3.80. The van der Waals surface area contributed by atoms with Gasteiger partial charge in [0.1, 0.15) is 5.75 Å². The number of benzene rings is 2. The molecule has 0 amide bonds. The number of rotatable bonds is 3. The SMILES string of the molecule is COc1ccc(Cc2cc(Br)c(C)c3c2CCCC3)cc1. The Kier molecular flexibility index (Phi) is 4.34. The highest BCUT2D eigenvalue weighted by Gasteiger charge is 2.17. The lowest BCUT2D eigenvalue weighted by Crippen LogP contribution is -2.09. The van der Waals surface area contributed by atoms with Crippen molar-refractivity contribution >= 4 is 15.9 Å². The first-order chi connectivity index (χ1) is 10.2. The lowest BCUT2D eigenvalue weighted by Gasteiger charge is -2.23. The summed E-state index contributed by atoms with van der Waals surface area (Å²) >= 11 is 3.74. The van der Waals surface area contributed by atoms with E-state index in [1.165, 1.54) is 46.8 Å². The Morgan fingerprint density at radius 2 is 1.71 bits per heavy atom. The van der Waals surface area contributed by atoms with Gasteiger partial charge in [-0.3, -0.25) is 0 Å². The molecule has 2 aromatic carbocycles. The largest absolute Gasteiger partial charge is 0.497 e. The van der Waals surface area contributed by atoms with Crippen LogP contribution < -0.4 is 4.74 Å². The number of fused-ring (bicyclic) bond motifs is 1. The van der Waals surface area contributed by atoms with Crippen molar-refractivity contribution in [3.63, 3.8) is 0 Å². The Labute approximate surface area is 135 Å². The number of hydrogen-bond acceptors (Lipinski definition) is 1. The molecule has 110 valence electrons. The summed E-state index contributed by atoms with van der Waals surface area (Å²) in [4.78, 5) is 0. The molecule has 0 fully saturated rings. The van der Waals surface area contributed by atoms with Crippen molar-refractivity contribution in [2.75, 3.05) is 7.11 Å². The lowest BCUT2D eigenvalue weighted by molar-refractivity contribution is 0.414. The third-order valence-corrected chi connectivity index (χ3v) is 5.34. The van der Waals surface area contributed by atoms with Gasteiger partial charge in [0, 0.05) is 4.47 Å². The summed E-state index contributed by atoms with van der Waals surface area (Å²) in [5, 5.41) is 0. The molecule has 1 aliphatic rings. The summed E-state index contributed by atoms with van der Waals surface area (Å²) in [6.07, 6.45) is 6.12. The number of hydrogen-bond donors (Lipinski definition) is 0. The summed E-state index contributed by atoms with van der Waals surface area (Å²) in [6, 6.07) is 10.8. The maximum absolute atomic E-state index is 5.24. The van der Waals surface area contributed by atoms with Crippen molar-refractivity contribution in [3.8, 4) is 5.75 Å². The Bertz CT molecular complexity index is 644. The van der Waals surface area contributed by atoms with Crippen molar-refractivity contribution < 1.29 is 4.74 Å². The van der Waals surface area contributed by atoms with Crippen LogP contribution in [0, 0.1) is 6.92 Å². The quantitative estimate of drug-likeness (QED) is 0.740. The highest BCUT2D eigenvalue weighted by atomic mass is 79.9. The standard InChI is InChI=1S/C19H21BrO/c1-13-17-5-3-4-6-18(17)15(12-19(13)20)11-14-7-9-16(21-2)10-8-14/h7-10,12H,3-6,11H2,1-2H3. The molecule has 0 spiro atoms. The molecule has 21 heavy (non-hydrogen) atoms. The highest BCUT2D eigenvalue weighted by molar-refractivity contribution is 9.10. The van der Waals surface area contributed by atoms with Gasteiger partial charge >= 0.3 is 0 Å². The zero-order valence-electron chi connectivity index (χ0n) is 12.7. The van der Waals surface area contributed by atoms with E-state index in [1.54, 1.807) is 18.2 Å². The third kappa shape index (κ3) is 3.01. The second kappa shape index (κ2) is 6.23. The summed E-state index contributed by atoms with van der Waals surface area (Å²) in [5.41, 5.74) is 7.44. The van der Waals surface area contributed by atoms with E-state index in [0.29, 0.717) is 0 Å². The van der Waals surface area contributed by atoms with E-state index in [2.05, 4.69) is 41.1 Å². The van der Waals surface area contributed by atoms with Crippen molar-refractivity contribution in [1.29, 1.82) is 0 Å². The summed E-state index contributed by atoms with van der Waals surface area (Å²) < 4.78 is 6.49. The number of methoxy groups -OCH3 is 1. The first-order valence-corrected chi connectivity index (χ1v) is 8.41. The van der Waals surface area contributed by atoms with Gasteiger partial charge in [0.25, 0.3) is 0 Å². The van der Waals surface area contributed by atoms with Crippen molar-refractivity contribution in [2.24, 2.45) is 0 Å². The minimum Gasteiger partial charge on any atom is -0.497 e. The fourth-order valence-electron chi connectivity index (χ4n) is 3.29. The predicted molar refractivity (Wildman–Crippen MR) is 91.3 cm³/mol. The van der Waals surface area contributed by atoms with Crippen LogP contribution in [-0.4, -0.2) is 7.11 Å². The third-order valence-electron chi connectivity index (χ3n) is 4.52. The Morgan fingerprint density at radius 3 is 2.38 bits per heavy atom. The Hall–Kier alpha value is -1.28. The molecule has 0 aliphatic heterocycles. The minimum absolute atomic E-state index is 0.922. The molecular weight excluding hydrogens is 324 g/mol. The van der Waals surface area contributed by atoms with Crippen molar-refractivity contribution in [3.05, 3.63) is 62.6 Å². The van der Waals surface area contributed by atoms with Crippen LogP contribution in [0.1, 0.15) is 40.7 Å². The van der Waals surface area contributed by atoms with Crippen LogP contribution in [-0.2, 0) is 19.3 Å². The normalized spacial score (nSPS) is 13.9. The molecule has 1 aliphatic carbocycles. The van der Waals surface area contributed by atoms with Gasteiger partial charge in [-0.15, -0.1) is 0 Å². The Morgan fingerprint density at radius 1 is 1.05 bits per heavy atom. The molecule has 0 unspecified atom stereocenters. The molecule has 2 aromatic rings. The summed E-state index contributed by atoms with van der Waals surface area (Å²) in [5.74, 6) is 0.922. The van der Waals surface area contributed by atoms with E-state index in [1.807, 2.05) is 12.1 Å². The summed E-state index contributed by atoms with van der Waals surface area (Å²) in [6.45, 7) is 2.24. The maximum Gasteiger partial charge on any atom is 0.118 e. The van der Waals surface area contributed by atoms with Gasteiger partial charge in [-0.05, 0) is 85.0 Å². The van der Waals surface area contributed by atoms with Crippen LogP contribution in [0.2, 0.25) is 0 Å². The first kappa shape index (κ1) is 14.6. The molecule has 0 saturated heterocycles. The van der Waals surface area contributed by atoms with E-state index in [0.717, 1.165) is 12.2 Å². The molecule has 0 radical (unpaired) electrons. The van der Waals surface area contributed by atoms with Crippen molar-refractivity contribution in [1.82, 2.24) is 0 Å². The van der Waals surface area contributed by atoms with E-state index in [-0.39, 0.29) is 0 Å². The zero-order chi connectivity index (χ0) is 14.8. The average molecular weight is 345 g/mol. The maximum atomic E-state index is 5.24. The lowest BCUT2D eigenvalue weighted by atomic mass is 9.84. The number of ether oxygens (including phenoxy) is 1. The van der Waals surface area contributed by atoms with Crippen molar-refractivity contribution in [2.45, 2.75) is 39.0 Å². The van der Waals surface area contributed by atoms with Crippen LogP contribution in [0.15, 0.2) is 34.8 Å². The second-order valence-electron chi connectivity index (χ2n) is 5.83. The molecule has 0 aromatic heterocycles. The molecule has 0 N–H and O–H groups in total. The van der Waals surface area contributed by atoms with Crippen LogP contribution >= 0.6 is 15.9 Å². The van der Waals surface area contributed by atoms with E-state index in [4.69, 9.17) is 4.74 Å². The van der Waals surface area contributed by atoms with Gasteiger partial charge in [0.05, 0.1) is 7.11 Å². The smallest absolute Gasteiger partial charge is 0.118 e. The van der Waals surface area contributed by atoms with E-state index >= 15 is 0 Å². The molecule has 0 heterocycles. The molecule has 2 heteroatoms. The van der Waals surface area contributed by atoms with Gasteiger partial charge in [0.15, 0.2) is 0 Å². The van der Waals surface area contributed by atoms with Gasteiger partial charge in [-0.25, -0.2) is 0 Å². The first-order valence-electron chi connectivity index (χ1n) is 7.61. The zero-order valence-corrected chi connectivity index (χ0v) is 14.3. The molecule has 1 nitrogen and oxygen atoms in total. The topological polar surface area (TPSA) is 9.23 Å². The molecule has 0 atom stereocenters. The van der Waals surface area contributed by atoms with Gasteiger partial charge < -0.3 is 4.74 Å². The van der Waals surface area contributed by atoms with Gasteiger partial charge in [-0.1, -0.05) is 28.1 Å². The highest BCUT2D eigenvalue weighted by Crippen LogP contribution is 2.33. The molecule has 0 saturated carbocycles. The van der Waals surface area contributed by atoms with Crippen LogP contribution in [0.4, 0.5) is 0 Å². The molecule has 3 rings (SSSR count). The molecule has 0 bridgehead atoms. The van der Waals surface area contributed by atoms with E-state index < -0.39 is 0 Å².